The smallest absolute Gasteiger partial charge is 0.0297 e. The van der Waals surface area contributed by atoms with Gasteiger partial charge in [-0.2, -0.15) is 0 Å². The Bertz CT molecular complexity index is 120. The van der Waals surface area contributed by atoms with Crippen LogP contribution in [-0.2, 0) is 0 Å². The third-order valence-corrected chi connectivity index (χ3v) is 2.06. The average Bonchev–Trinajstić information content (AvgIpc) is 1.88. The molecule has 0 radical (unpaired) electrons. The lowest BCUT2D eigenvalue weighted by Gasteiger charge is -2.13. The number of allylic oxidation sites excluding steroid dienone is 2. The van der Waals surface area contributed by atoms with Crippen molar-refractivity contribution in [2.24, 2.45) is 5.92 Å². The van der Waals surface area contributed by atoms with Crippen LogP contribution in [0.25, 0.3) is 0 Å². The van der Waals surface area contributed by atoms with E-state index in [0.717, 1.165) is 5.92 Å². The van der Waals surface area contributed by atoms with Gasteiger partial charge in [-0.1, -0.05) is 25.5 Å². The van der Waals surface area contributed by atoms with Crippen molar-refractivity contribution in [3.8, 4) is 0 Å². The Hall–Kier alpha value is -0.260. The molecule has 0 unspecified atom stereocenters. The van der Waals surface area contributed by atoms with E-state index >= 15 is 0 Å². The van der Waals surface area contributed by atoms with E-state index in [1.165, 1.54) is 32.1 Å². The van der Waals surface area contributed by atoms with Crippen LogP contribution in [0.5, 0.6) is 0 Å². The molecule has 0 saturated heterocycles. The van der Waals surface area contributed by atoms with Crippen molar-refractivity contribution in [2.75, 3.05) is 0 Å². The first-order valence-electron chi connectivity index (χ1n) is 4.47. The molecule has 0 saturated carbocycles. The van der Waals surface area contributed by atoms with Gasteiger partial charge in [0.2, 0.25) is 0 Å². The standard InChI is InChI=1S/C10H18/c1-9(2)8-10-6-4-3-5-7-10/h6,9H,3-5,7-8H2,1-2H3. The van der Waals surface area contributed by atoms with E-state index in [4.69, 9.17) is 0 Å². The van der Waals surface area contributed by atoms with Crippen molar-refractivity contribution in [3.05, 3.63) is 11.6 Å². The van der Waals surface area contributed by atoms with Crippen molar-refractivity contribution < 1.29 is 0 Å². The summed E-state index contributed by atoms with van der Waals surface area (Å²) in [7, 11) is 0. The quantitative estimate of drug-likeness (QED) is 0.512. The topological polar surface area (TPSA) is 0 Å². The average molecular weight is 138 g/mol. The van der Waals surface area contributed by atoms with Gasteiger partial charge in [0.15, 0.2) is 0 Å². The van der Waals surface area contributed by atoms with Gasteiger partial charge < -0.3 is 0 Å². The summed E-state index contributed by atoms with van der Waals surface area (Å²) < 4.78 is 0. The van der Waals surface area contributed by atoms with Gasteiger partial charge in [-0.15, -0.1) is 0 Å². The number of rotatable bonds is 2. The molecule has 0 nitrogen and oxygen atoms in total. The maximum atomic E-state index is 2.45. The largest absolute Gasteiger partial charge is 0.0853 e. The van der Waals surface area contributed by atoms with Crippen molar-refractivity contribution >= 4 is 0 Å². The molecule has 58 valence electrons. The fraction of sp³-hybridized carbons (Fsp3) is 0.800. The first kappa shape index (κ1) is 7.84. The lowest BCUT2D eigenvalue weighted by molar-refractivity contribution is 0.589. The zero-order valence-electron chi connectivity index (χ0n) is 7.19. The Morgan fingerprint density at radius 2 is 2.20 bits per heavy atom. The Kier molecular flexibility index (Phi) is 2.98. The van der Waals surface area contributed by atoms with Crippen molar-refractivity contribution in [1.82, 2.24) is 0 Å². The lowest BCUT2D eigenvalue weighted by Crippen LogP contribution is -1.96. The Morgan fingerprint density at radius 3 is 2.70 bits per heavy atom. The molecular formula is C10H18. The van der Waals surface area contributed by atoms with Gasteiger partial charge in [-0.05, 0) is 38.0 Å². The van der Waals surface area contributed by atoms with Crippen molar-refractivity contribution in [2.45, 2.75) is 46.0 Å². The Morgan fingerprint density at radius 1 is 1.40 bits per heavy atom. The second-order valence-electron chi connectivity index (χ2n) is 3.71. The van der Waals surface area contributed by atoms with E-state index in [2.05, 4.69) is 19.9 Å². The predicted octanol–water partition coefficient (Wildman–Crippen LogP) is 3.53. The van der Waals surface area contributed by atoms with E-state index in [1.807, 2.05) is 0 Å². The highest BCUT2D eigenvalue weighted by atomic mass is 14.1. The molecule has 0 aliphatic heterocycles. The molecule has 0 bridgehead atoms. The summed E-state index contributed by atoms with van der Waals surface area (Å²) in [5.74, 6) is 0.851. The van der Waals surface area contributed by atoms with Gasteiger partial charge in [0.05, 0.1) is 0 Å². The molecule has 0 amide bonds. The van der Waals surface area contributed by atoms with Crippen LogP contribution < -0.4 is 0 Å². The molecule has 0 spiro atoms. The highest BCUT2D eigenvalue weighted by Crippen LogP contribution is 2.22. The van der Waals surface area contributed by atoms with Gasteiger partial charge in [0, 0.05) is 0 Å². The third-order valence-electron chi connectivity index (χ3n) is 2.06. The first-order chi connectivity index (χ1) is 4.79. The minimum Gasteiger partial charge on any atom is -0.0853 e. The molecule has 0 N–H and O–H groups in total. The molecule has 0 aromatic carbocycles. The normalized spacial score (nSPS) is 19.3. The zero-order valence-corrected chi connectivity index (χ0v) is 7.19. The summed E-state index contributed by atoms with van der Waals surface area (Å²) >= 11 is 0. The van der Waals surface area contributed by atoms with Crippen molar-refractivity contribution in [3.63, 3.8) is 0 Å². The lowest BCUT2D eigenvalue weighted by atomic mass is 9.93. The Labute approximate surface area is 64.3 Å². The van der Waals surface area contributed by atoms with Crippen LogP contribution in [0.4, 0.5) is 0 Å². The van der Waals surface area contributed by atoms with E-state index in [-0.39, 0.29) is 0 Å². The number of hydrogen-bond donors (Lipinski definition) is 0. The van der Waals surface area contributed by atoms with E-state index in [1.54, 1.807) is 5.57 Å². The van der Waals surface area contributed by atoms with Gasteiger partial charge in [0.1, 0.15) is 0 Å². The minimum atomic E-state index is 0.851. The fourth-order valence-electron chi connectivity index (χ4n) is 1.61. The number of hydrogen-bond acceptors (Lipinski definition) is 0. The van der Waals surface area contributed by atoms with Crippen LogP contribution >= 0.6 is 0 Å². The molecule has 0 fully saturated rings. The highest BCUT2D eigenvalue weighted by molar-refractivity contribution is 5.05. The fourth-order valence-corrected chi connectivity index (χ4v) is 1.61. The minimum absolute atomic E-state index is 0.851. The summed E-state index contributed by atoms with van der Waals surface area (Å²) in [6, 6.07) is 0. The van der Waals surface area contributed by atoms with Crippen LogP contribution in [0, 0.1) is 5.92 Å². The van der Waals surface area contributed by atoms with Crippen LogP contribution in [0.15, 0.2) is 11.6 Å². The van der Waals surface area contributed by atoms with Gasteiger partial charge >= 0.3 is 0 Å². The maximum Gasteiger partial charge on any atom is -0.0297 e. The van der Waals surface area contributed by atoms with E-state index < -0.39 is 0 Å². The van der Waals surface area contributed by atoms with E-state index in [0.29, 0.717) is 0 Å². The predicted molar refractivity (Wildman–Crippen MR) is 46.0 cm³/mol. The summed E-state index contributed by atoms with van der Waals surface area (Å²) in [6.45, 7) is 4.60. The van der Waals surface area contributed by atoms with Gasteiger partial charge in [-0.25, -0.2) is 0 Å². The summed E-state index contributed by atoms with van der Waals surface area (Å²) in [4.78, 5) is 0. The second-order valence-corrected chi connectivity index (χ2v) is 3.71. The molecule has 10 heavy (non-hydrogen) atoms. The maximum absolute atomic E-state index is 2.45. The molecule has 0 aromatic rings. The van der Waals surface area contributed by atoms with Crippen LogP contribution in [-0.4, -0.2) is 0 Å². The second kappa shape index (κ2) is 3.80. The highest BCUT2D eigenvalue weighted by Gasteiger charge is 2.04. The molecule has 0 aromatic heterocycles. The van der Waals surface area contributed by atoms with Crippen LogP contribution in [0.1, 0.15) is 46.0 Å². The molecule has 1 aliphatic carbocycles. The molecule has 0 heteroatoms. The monoisotopic (exact) mass is 138 g/mol. The van der Waals surface area contributed by atoms with Crippen LogP contribution in [0.3, 0.4) is 0 Å². The first-order valence-corrected chi connectivity index (χ1v) is 4.47. The van der Waals surface area contributed by atoms with Crippen molar-refractivity contribution in [1.29, 1.82) is 0 Å². The summed E-state index contributed by atoms with van der Waals surface area (Å²) in [5, 5.41) is 0. The summed E-state index contributed by atoms with van der Waals surface area (Å²) in [5.41, 5.74) is 1.71. The Balaban J connectivity index is 2.31. The van der Waals surface area contributed by atoms with Gasteiger partial charge in [0.25, 0.3) is 0 Å². The molecular weight excluding hydrogens is 120 g/mol. The SMILES string of the molecule is CC(C)CC1=CCCCC1. The summed E-state index contributed by atoms with van der Waals surface area (Å²) in [6.07, 6.45) is 9.34. The molecule has 0 atom stereocenters. The zero-order chi connectivity index (χ0) is 7.40. The van der Waals surface area contributed by atoms with E-state index in [9.17, 15) is 0 Å². The third kappa shape index (κ3) is 2.55. The van der Waals surface area contributed by atoms with Gasteiger partial charge in [-0.3, -0.25) is 0 Å². The molecule has 0 heterocycles. The molecule has 1 rings (SSSR count). The molecule has 1 aliphatic rings. The van der Waals surface area contributed by atoms with Crippen LogP contribution in [0.2, 0.25) is 0 Å².